The lowest BCUT2D eigenvalue weighted by Gasteiger charge is -2.25. The van der Waals surface area contributed by atoms with E-state index in [0.29, 0.717) is 34.5 Å². The molecule has 0 saturated heterocycles. The predicted octanol–water partition coefficient (Wildman–Crippen LogP) is 1.23. The van der Waals surface area contributed by atoms with Gasteiger partial charge in [-0.05, 0) is 68.1 Å². The third-order valence-electron chi connectivity index (χ3n) is 6.43. The molecule has 4 heterocycles. The highest BCUT2D eigenvalue weighted by Gasteiger charge is 2.19. The number of carbonyl (C=O) groups excluding carboxylic acids is 2. The molecule has 5 rings (SSSR count). The number of nitrogens with one attached hydrogen (secondary N) is 2. The van der Waals surface area contributed by atoms with E-state index in [2.05, 4.69) is 20.8 Å². The number of fused-ring (bicyclic) bond motifs is 1. The number of benzene rings is 1. The van der Waals surface area contributed by atoms with Crippen LogP contribution in [0.2, 0.25) is 0 Å². The zero-order valence-corrected chi connectivity index (χ0v) is 21.2. The zero-order chi connectivity index (χ0) is 27.5. The van der Waals surface area contributed by atoms with Crippen molar-refractivity contribution in [2.45, 2.75) is 19.5 Å². The molecule has 0 saturated carbocycles. The van der Waals surface area contributed by atoms with Crippen LogP contribution in [0.15, 0.2) is 70.4 Å². The average molecular weight is 529 g/mol. The molecule has 1 aromatic carbocycles. The van der Waals surface area contributed by atoms with Crippen LogP contribution in [0.4, 0.5) is 15.9 Å². The van der Waals surface area contributed by atoms with Gasteiger partial charge in [-0.15, -0.1) is 0 Å². The third-order valence-corrected chi connectivity index (χ3v) is 6.43. The average Bonchev–Trinajstić information content (AvgIpc) is 3.43. The second-order valence-corrected chi connectivity index (χ2v) is 9.04. The Bertz CT molecular complexity index is 1730. The Labute approximate surface area is 222 Å². The molecule has 3 aromatic heterocycles. The molecule has 0 spiro atoms. The summed E-state index contributed by atoms with van der Waals surface area (Å²) in [5.74, 6) is -0.558. The van der Waals surface area contributed by atoms with E-state index in [1.54, 1.807) is 44.6 Å². The number of ketones is 1. The molecule has 39 heavy (non-hydrogen) atoms. The highest BCUT2D eigenvalue weighted by Crippen LogP contribution is 2.19. The molecule has 1 atom stereocenters. The van der Waals surface area contributed by atoms with Gasteiger partial charge in [0.1, 0.15) is 17.3 Å². The van der Waals surface area contributed by atoms with Crippen molar-refractivity contribution in [2.24, 2.45) is 0 Å². The normalized spacial score (nSPS) is 13.2. The molecule has 0 fully saturated rings. The number of amides is 1. The third kappa shape index (κ3) is 5.39. The molecule has 0 bridgehead atoms. The Balaban J connectivity index is 1.53. The van der Waals surface area contributed by atoms with Crippen molar-refractivity contribution < 1.29 is 18.5 Å². The molecule has 0 unspecified atom stereocenters. The van der Waals surface area contributed by atoms with E-state index < -0.39 is 17.4 Å². The van der Waals surface area contributed by atoms with Crippen LogP contribution < -0.4 is 31.7 Å². The van der Waals surface area contributed by atoms with Crippen LogP contribution in [-0.2, 0) is 11.3 Å². The Morgan fingerprint density at radius 1 is 1.10 bits per heavy atom. The van der Waals surface area contributed by atoms with Crippen molar-refractivity contribution >= 4 is 35.5 Å². The number of hydrogen-bond acceptors (Lipinski definition) is 8. The van der Waals surface area contributed by atoms with Gasteiger partial charge in [0.2, 0.25) is 5.91 Å². The number of rotatable bonds is 8. The summed E-state index contributed by atoms with van der Waals surface area (Å²) in [5, 5.41) is 10.1. The number of aromatic nitrogens is 3. The fraction of sp³-hybridized carbons (Fsp3) is 0.179. The quantitative estimate of drug-likeness (QED) is 0.328. The van der Waals surface area contributed by atoms with Gasteiger partial charge in [0, 0.05) is 36.3 Å². The molecule has 0 aliphatic carbocycles. The Hall–Kier alpha value is -4.90. The van der Waals surface area contributed by atoms with Crippen molar-refractivity contribution in [2.75, 3.05) is 23.8 Å². The van der Waals surface area contributed by atoms with Crippen molar-refractivity contribution in [3.05, 3.63) is 105 Å². The summed E-state index contributed by atoms with van der Waals surface area (Å²) in [6.07, 6.45) is 8.25. The first-order chi connectivity index (χ1) is 18.8. The maximum atomic E-state index is 13.7. The van der Waals surface area contributed by atoms with E-state index in [1.165, 1.54) is 35.0 Å². The predicted molar refractivity (Wildman–Crippen MR) is 143 cm³/mol. The molecule has 1 amide bonds. The van der Waals surface area contributed by atoms with Crippen molar-refractivity contribution in [1.82, 2.24) is 20.0 Å². The number of anilines is 2. The summed E-state index contributed by atoms with van der Waals surface area (Å²) >= 11 is 0. The van der Waals surface area contributed by atoms with Gasteiger partial charge in [-0.25, -0.2) is 4.39 Å². The number of likely N-dealkylation sites (N-methyl/N-ethyl adjacent to an activating group) is 1. The summed E-state index contributed by atoms with van der Waals surface area (Å²) in [7, 11) is 1.65. The van der Waals surface area contributed by atoms with Gasteiger partial charge in [-0.2, -0.15) is 0 Å². The second-order valence-electron chi connectivity index (χ2n) is 9.04. The summed E-state index contributed by atoms with van der Waals surface area (Å²) in [6, 6.07) is 9.71. The first-order valence-electron chi connectivity index (χ1n) is 12.2. The van der Waals surface area contributed by atoms with Gasteiger partial charge < -0.3 is 20.1 Å². The molecule has 198 valence electrons. The van der Waals surface area contributed by atoms with Gasteiger partial charge in [0.05, 0.1) is 24.0 Å². The number of pyridine rings is 2. The fourth-order valence-corrected chi connectivity index (χ4v) is 4.16. The standard InChI is InChI=1S/C28H25FN6O4/c1-17(30-2)27(37)33-23-7-8-25(34-10-9-24-21(16-34)14-32-39-24)35(28(23)38)15-18-11-20(13-31-12-18)26(36)19-3-5-22(29)6-4-19/h3-9,11-14,16-17,30H,10,15H2,1-2H3,(H,33,37)/t17-/m0/s1. The van der Waals surface area contributed by atoms with Crippen molar-refractivity contribution in [1.29, 1.82) is 0 Å². The van der Waals surface area contributed by atoms with Gasteiger partial charge >= 0.3 is 0 Å². The molecule has 1 aliphatic rings. The van der Waals surface area contributed by atoms with Crippen LogP contribution in [0.1, 0.15) is 28.4 Å². The Kier molecular flexibility index (Phi) is 7.15. The minimum atomic E-state index is -0.507. The molecule has 2 N–H and O–H groups in total. The Morgan fingerprint density at radius 3 is 2.67 bits per heavy atom. The molecular weight excluding hydrogens is 503 g/mol. The van der Waals surface area contributed by atoms with Crippen LogP contribution in [0, 0.1) is 5.82 Å². The topological polar surface area (TPSA) is 122 Å². The molecule has 4 aromatic rings. The van der Waals surface area contributed by atoms with E-state index in [4.69, 9.17) is 4.52 Å². The lowest BCUT2D eigenvalue weighted by atomic mass is 10.0. The van der Waals surface area contributed by atoms with E-state index in [0.717, 1.165) is 5.22 Å². The first-order valence-corrected chi connectivity index (χ1v) is 12.2. The zero-order valence-electron chi connectivity index (χ0n) is 21.2. The molecule has 11 heteroatoms. The van der Waals surface area contributed by atoms with Gasteiger partial charge in [0.15, 0.2) is 11.2 Å². The van der Waals surface area contributed by atoms with Crippen LogP contribution in [0.25, 0.3) is 12.3 Å². The lowest BCUT2D eigenvalue weighted by Crippen LogP contribution is -2.39. The monoisotopic (exact) mass is 528 g/mol. The van der Waals surface area contributed by atoms with Gasteiger partial charge in [-0.1, -0.05) is 5.16 Å². The van der Waals surface area contributed by atoms with E-state index in [9.17, 15) is 18.8 Å². The minimum absolute atomic E-state index is 0.0673. The summed E-state index contributed by atoms with van der Waals surface area (Å²) in [6.45, 7) is 2.18. The van der Waals surface area contributed by atoms with E-state index in [-0.39, 0.29) is 23.9 Å². The molecule has 1 aliphatic heterocycles. The van der Waals surface area contributed by atoms with Crippen LogP contribution in [-0.4, -0.2) is 46.0 Å². The lowest BCUT2D eigenvalue weighted by molar-refractivity contribution is -0.117. The largest absolute Gasteiger partial charge is 0.357 e. The molecule has 10 nitrogen and oxygen atoms in total. The van der Waals surface area contributed by atoms with Crippen LogP contribution >= 0.6 is 0 Å². The number of hydrogen-bond donors (Lipinski definition) is 2. The highest BCUT2D eigenvalue weighted by atomic mass is 19.1. The highest BCUT2D eigenvalue weighted by molar-refractivity contribution is 6.08. The van der Waals surface area contributed by atoms with E-state index >= 15 is 0 Å². The Morgan fingerprint density at radius 2 is 1.90 bits per heavy atom. The maximum absolute atomic E-state index is 13.7. The van der Waals surface area contributed by atoms with Gasteiger partial charge in [-0.3, -0.25) is 23.9 Å². The first kappa shape index (κ1) is 25.7. The molecule has 0 radical (unpaired) electrons. The number of halogens is 1. The van der Waals surface area contributed by atoms with E-state index in [1.807, 2.05) is 17.2 Å². The second kappa shape index (κ2) is 10.8. The van der Waals surface area contributed by atoms with Crippen molar-refractivity contribution in [3.63, 3.8) is 0 Å². The summed E-state index contributed by atoms with van der Waals surface area (Å²) in [5.41, 5.74) is 1.53. The number of nitrogens with zero attached hydrogens (tertiary/aromatic N) is 4. The number of carbonyl (C=O) groups is 2. The van der Waals surface area contributed by atoms with Crippen molar-refractivity contribution in [3.8, 4) is 0 Å². The smallest absolute Gasteiger partial charge is 0.276 e. The van der Waals surface area contributed by atoms with Crippen LogP contribution in [0.5, 0.6) is 0 Å². The minimum Gasteiger partial charge on any atom is -0.357 e. The summed E-state index contributed by atoms with van der Waals surface area (Å²) in [4.78, 5) is 45.2. The van der Waals surface area contributed by atoms with Crippen LogP contribution in [0.3, 0.4) is 0 Å². The van der Waals surface area contributed by atoms with Gasteiger partial charge in [0.25, 0.3) is 5.56 Å². The molecular formula is C28H25FN6O4. The fourth-order valence-electron chi connectivity index (χ4n) is 4.16. The maximum Gasteiger partial charge on any atom is 0.276 e. The SMILES string of the molecule is CN[C@@H](C)C(=O)Nc1ccc(N2C=c3cnoc3=CC2)n(Cc2cncc(C(=O)c3ccc(F)cc3)c2)c1=O. The summed E-state index contributed by atoms with van der Waals surface area (Å²) < 4.78 is 20.0.